The van der Waals surface area contributed by atoms with Gasteiger partial charge < -0.3 is 19.6 Å². The number of fused-ring (bicyclic) bond motifs is 1. The molecular weight excluding hydrogens is 523 g/mol. The normalized spacial score (nSPS) is 11.4. The Bertz CT molecular complexity index is 1760. The number of pyridine rings is 1. The van der Waals surface area contributed by atoms with Gasteiger partial charge in [-0.15, -0.1) is 0 Å². The van der Waals surface area contributed by atoms with Crippen molar-refractivity contribution in [3.63, 3.8) is 0 Å². The molecule has 8 nitrogen and oxygen atoms in total. The Morgan fingerprint density at radius 3 is 2.36 bits per heavy atom. The van der Waals surface area contributed by atoms with Crippen LogP contribution in [0.2, 0.25) is 0 Å². The molecule has 0 aliphatic rings. The Morgan fingerprint density at radius 1 is 0.949 bits per heavy atom. The average Bonchev–Trinajstić information content (AvgIpc) is 3.32. The molecule has 0 aliphatic heterocycles. The van der Waals surface area contributed by atoms with Gasteiger partial charge in [-0.1, -0.05) is 18.2 Å². The number of hydrogen-bond donors (Lipinski definition) is 2. The maximum atomic E-state index is 14.4. The van der Waals surface area contributed by atoms with Gasteiger partial charge in [0.25, 0.3) is 0 Å². The zero-order chi connectivity index (χ0) is 27.6. The third kappa shape index (κ3) is 6.07. The number of nitrogens with one attached hydrogen (secondary N) is 1. The van der Waals surface area contributed by atoms with E-state index < -0.39 is 21.6 Å². The van der Waals surface area contributed by atoms with E-state index in [1.54, 1.807) is 36.5 Å². The van der Waals surface area contributed by atoms with Gasteiger partial charge in [-0.3, -0.25) is 9.78 Å². The van der Waals surface area contributed by atoms with Crippen molar-refractivity contribution in [2.45, 2.75) is 17.7 Å². The number of H-pyrrole nitrogens is 1. The summed E-state index contributed by atoms with van der Waals surface area (Å²) in [7, 11) is -3.37. The second kappa shape index (κ2) is 10.6. The third-order valence-electron chi connectivity index (χ3n) is 5.95. The van der Waals surface area contributed by atoms with Crippen molar-refractivity contribution in [2.75, 3.05) is 6.26 Å². The molecule has 10 heteroatoms. The molecule has 2 heterocycles. The van der Waals surface area contributed by atoms with Crippen molar-refractivity contribution < 1.29 is 32.2 Å². The van der Waals surface area contributed by atoms with E-state index in [4.69, 9.17) is 14.6 Å². The highest BCUT2D eigenvalue weighted by atomic mass is 32.2. The molecule has 0 atom stereocenters. The lowest BCUT2D eigenvalue weighted by molar-refractivity contribution is -0.136. The van der Waals surface area contributed by atoms with E-state index >= 15 is 0 Å². The number of carboxylic acid groups (broad SMARTS) is 1. The fourth-order valence-corrected chi connectivity index (χ4v) is 4.58. The van der Waals surface area contributed by atoms with E-state index in [9.17, 15) is 17.6 Å². The first-order chi connectivity index (χ1) is 18.7. The van der Waals surface area contributed by atoms with E-state index in [1.807, 2.05) is 12.1 Å². The summed E-state index contributed by atoms with van der Waals surface area (Å²) < 4.78 is 50.0. The molecule has 5 aromatic rings. The van der Waals surface area contributed by atoms with Gasteiger partial charge in [-0.05, 0) is 66.6 Å². The number of benzene rings is 3. The van der Waals surface area contributed by atoms with E-state index in [2.05, 4.69) is 9.97 Å². The van der Waals surface area contributed by atoms with Crippen LogP contribution < -0.4 is 9.47 Å². The lowest BCUT2D eigenvalue weighted by Crippen LogP contribution is -1.98. The Kier molecular flexibility index (Phi) is 7.03. The maximum absolute atomic E-state index is 14.4. The highest BCUT2D eigenvalue weighted by molar-refractivity contribution is 7.90. The van der Waals surface area contributed by atoms with Crippen molar-refractivity contribution >= 4 is 26.7 Å². The SMILES string of the molecule is CS(=O)(=O)c1ccc(Oc2cc3cc(-c4ccc(CCC(=O)O)cn4)[nH]c3cc2Oc2ccccc2F)cc1. The van der Waals surface area contributed by atoms with Gasteiger partial charge in [-0.25, -0.2) is 12.8 Å². The van der Waals surface area contributed by atoms with E-state index in [1.165, 1.54) is 36.4 Å². The molecule has 198 valence electrons. The second-order valence-electron chi connectivity index (χ2n) is 8.89. The van der Waals surface area contributed by atoms with Crippen LogP contribution in [0.3, 0.4) is 0 Å². The van der Waals surface area contributed by atoms with E-state index in [-0.39, 0.29) is 22.8 Å². The van der Waals surface area contributed by atoms with Crippen LogP contribution in [0.1, 0.15) is 12.0 Å². The van der Waals surface area contributed by atoms with E-state index in [0.29, 0.717) is 34.8 Å². The summed E-state index contributed by atoms with van der Waals surface area (Å²) in [5.41, 5.74) is 2.87. The molecule has 3 aromatic carbocycles. The third-order valence-corrected chi connectivity index (χ3v) is 7.08. The number of aromatic amines is 1. The van der Waals surface area contributed by atoms with Crippen LogP contribution >= 0.6 is 0 Å². The molecule has 0 saturated heterocycles. The van der Waals surface area contributed by atoms with Crippen molar-refractivity contribution in [1.29, 1.82) is 0 Å². The number of sulfone groups is 1. The Labute approximate surface area is 223 Å². The minimum Gasteiger partial charge on any atom is -0.481 e. The molecule has 0 spiro atoms. The molecular formula is C29H23FN2O6S. The van der Waals surface area contributed by atoms with Crippen molar-refractivity contribution in [3.8, 4) is 34.4 Å². The van der Waals surface area contributed by atoms with Crippen LogP contribution in [0, 0.1) is 5.82 Å². The smallest absolute Gasteiger partial charge is 0.303 e. The van der Waals surface area contributed by atoms with Gasteiger partial charge in [0.1, 0.15) is 5.75 Å². The fraction of sp³-hybridized carbons (Fsp3) is 0.103. The number of ether oxygens (including phenoxy) is 2. The predicted molar refractivity (Wildman–Crippen MR) is 144 cm³/mol. The van der Waals surface area contributed by atoms with Crippen molar-refractivity contribution in [1.82, 2.24) is 9.97 Å². The number of carboxylic acids is 1. The number of nitrogens with zero attached hydrogens (tertiary/aromatic N) is 1. The van der Waals surface area contributed by atoms with Crippen LogP contribution in [0.5, 0.6) is 23.0 Å². The number of hydrogen-bond acceptors (Lipinski definition) is 6. The van der Waals surface area contributed by atoms with Gasteiger partial charge >= 0.3 is 5.97 Å². The number of para-hydroxylation sites is 1. The maximum Gasteiger partial charge on any atom is 0.303 e. The Morgan fingerprint density at radius 2 is 1.69 bits per heavy atom. The standard InChI is InChI=1S/C29H23FN2O6S/c1-39(35,36)21-10-8-20(9-11-21)37-27-15-19-14-25(23-12-6-18(17-31-23)7-13-29(33)34)32-24(19)16-28(27)38-26-5-3-2-4-22(26)30/h2-6,8-12,14-17,32H,7,13H2,1H3,(H,33,34). The molecule has 0 aliphatic carbocycles. The van der Waals surface area contributed by atoms with Crippen LogP contribution in [0.25, 0.3) is 22.3 Å². The monoisotopic (exact) mass is 546 g/mol. The molecule has 0 bridgehead atoms. The van der Waals surface area contributed by atoms with Gasteiger partial charge in [0.2, 0.25) is 0 Å². The van der Waals surface area contributed by atoms with Crippen LogP contribution in [0.15, 0.2) is 90.0 Å². The highest BCUT2D eigenvalue weighted by Gasteiger charge is 2.16. The molecule has 2 N–H and O–H groups in total. The van der Waals surface area contributed by atoms with E-state index in [0.717, 1.165) is 17.2 Å². The van der Waals surface area contributed by atoms with Crippen LogP contribution in [-0.2, 0) is 21.1 Å². The zero-order valence-electron chi connectivity index (χ0n) is 20.7. The summed E-state index contributed by atoms with van der Waals surface area (Å²) in [6, 6.07) is 20.9. The molecule has 5 rings (SSSR count). The van der Waals surface area contributed by atoms with Crippen molar-refractivity contribution in [2.24, 2.45) is 0 Å². The Hall–Kier alpha value is -4.70. The van der Waals surface area contributed by atoms with Gasteiger partial charge in [0, 0.05) is 35.8 Å². The minimum absolute atomic E-state index is 0.0134. The molecule has 0 fully saturated rings. The number of aromatic nitrogens is 2. The Balaban J connectivity index is 1.50. The second-order valence-corrected chi connectivity index (χ2v) is 10.9. The van der Waals surface area contributed by atoms with Crippen LogP contribution in [-0.4, -0.2) is 35.7 Å². The summed E-state index contributed by atoms with van der Waals surface area (Å²) in [6.07, 6.45) is 3.18. The predicted octanol–water partition coefficient (Wildman–Crippen LogP) is 6.37. The zero-order valence-corrected chi connectivity index (χ0v) is 21.5. The molecule has 0 amide bonds. The largest absolute Gasteiger partial charge is 0.481 e. The lowest BCUT2D eigenvalue weighted by atomic mass is 10.1. The average molecular weight is 547 g/mol. The molecule has 2 aromatic heterocycles. The number of halogens is 1. The molecule has 0 saturated carbocycles. The summed E-state index contributed by atoms with van der Waals surface area (Å²) in [6.45, 7) is 0. The fourth-order valence-electron chi connectivity index (χ4n) is 3.95. The summed E-state index contributed by atoms with van der Waals surface area (Å²) in [5.74, 6) is -0.493. The number of aliphatic carboxylic acids is 1. The quantitative estimate of drug-likeness (QED) is 0.220. The summed E-state index contributed by atoms with van der Waals surface area (Å²) >= 11 is 0. The van der Waals surface area contributed by atoms with Gasteiger partial charge in [0.15, 0.2) is 32.9 Å². The van der Waals surface area contributed by atoms with Crippen molar-refractivity contribution in [3.05, 3.63) is 96.4 Å². The first-order valence-electron chi connectivity index (χ1n) is 11.9. The summed E-state index contributed by atoms with van der Waals surface area (Å²) in [5, 5.41) is 9.66. The molecule has 39 heavy (non-hydrogen) atoms. The van der Waals surface area contributed by atoms with Gasteiger partial charge in [-0.2, -0.15) is 0 Å². The summed E-state index contributed by atoms with van der Waals surface area (Å²) in [4.78, 5) is 18.7. The number of aryl methyl sites for hydroxylation is 1. The first-order valence-corrected chi connectivity index (χ1v) is 13.8. The minimum atomic E-state index is -3.37. The van der Waals surface area contributed by atoms with Gasteiger partial charge in [0.05, 0.1) is 16.3 Å². The molecule has 0 unspecified atom stereocenters. The first kappa shape index (κ1) is 25.9. The topological polar surface area (TPSA) is 119 Å². The number of carbonyl (C=O) groups is 1. The lowest BCUT2D eigenvalue weighted by Gasteiger charge is -2.13. The highest BCUT2D eigenvalue weighted by Crippen LogP contribution is 2.40. The molecule has 0 radical (unpaired) electrons. The number of rotatable bonds is 9. The van der Waals surface area contributed by atoms with Crippen LogP contribution in [0.4, 0.5) is 4.39 Å².